The van der Waals surface area contributed by atoms with Crippen LogP contribution in [0.15, 0.2) is 66.9 Å². The summed E-state index contributed by atoms with van der Waals surface area (Å²) in [4.78, 5) is 16.3. The zero-order chi connectivity index (χ0) is 20.1. The fourth-order valence-corrected chi connectivity index (χ4v) is 2.45. The second-order valence-electron chi connectivity index (χ2n) is 5.94. The number of pyridine rings is 1. The summed E-state index contributed by atoms with van der Waals surface area (Å²) in [5.74, 6) is -0.526. The number of alkyl halides is 3. The maximum atomic E-state index is 12.9. The fourth-order valence-electron chi connectivity index (χ4n) is 2.45. The molecule has 4 nitrogen and oxygen atoms in total. The number of hydrogen-bond acceptors (Lipinski definition) is 3. The van der Waals surface area contributed by atoms with Gasteiger partial charge in [-0.2, -0.15) is 13.2 Å². The van der Waals surface area contributed by atoms with Gasteiger partial charge >= 0.3 is 6.18 Å². The molecule has 3 aromatic rings. The lowest BCUT2D eigenvalue weighted by molar-refractivity contribution is -0.137. The molecule has 0 aliphatic heterocycles. The molecule has 3 rings (SSSR count). The van der Waals surface area contributed by atoms with E-state index in [0.29, 0.717) is 0 Å². The Labute approximate surface area is 158 Å². The third-order valence-corrected chi connectivity index (χ3v) is 3.85. The van der Waals surface area contributed by atoms with Crippen LogP contribution in [0.2, 0.25) is 0 Å². The van der Waals surface area contributed by atoms with Gasteiger partial charge in [0.25, 0.3) is 5.91 Å². The Balaban J connectivity index is 1.68. The Hall–Kier alpha value is -3.42. The van der Waals surface area contributed by atoms with Crippen molar-refractivity contribution in [3.8, 4) is 0 Å². The van der Waals surface area contributed by atoms with E-state index < -0.39 is 11.7 Å². The number of anilines is 2. The molecule has 0 unspecified atom stereocenters. The number of carbonyl (C=O) groups excluding carboxylic acids is 1. The van der Waals surface area contributed by atoms with E-state index in [1.165, 1.54) is 42.6 Å². The molecule has 2 N–H and O–H groups in total. The van der Waals surface area contributed by atoms with E-state index in [1.807, 2.05) is 0 Å². The van der Waals surface area contributed by atoms with Gasteiger partial charge in [-0.3, -0.25) is 4.79 Å². The molecule has 1 amide bonds. The van der Waals surface area contributed by atoms with Crippen LogP contribution >= 0.6 is 0 Å². The summed E-state index contributed by atoms with van der Waals surface area (Å²) in [5.41, 5.74) is 0.426. The average Bonchev–Trinajstić information content (AvgIpc) is 2.67. The Morgan fingerprint density at radius 2 is 1.75 bits per heavy atom. The summed E-state index contributed by atoms with van der Waals surface area (Å²) >= 11 is 0. The zero-order valence-corrected chi connectivity index (χ0v) is 14.4. The molecule has 0 radical (unpaired) electrons. The van der Waals surface area contributed by atoms with Gasteiger partial charge in [-0.25, -0.2) is 9.37 Å². The summed E-state index contributed by atoms with van der Waals surface area (Å²) < 4.78 is 51.3. The predicted octanol–water partition coefficient (Wildman–Crippen LogP) is 4.91. The number of halogens is 4. The molecule has 0 atom stereocenters. The smallest absolute Gasteiger partial charge is 0.348 e. The molecule has 2 aromatic carbocycles. The maximum absolute atomic E-state index is 12.9. The van der Waals surface area contributed by atoms with Gasteiger partial charge in [-0.1, -0.05) is 18.2 Å². The normalized spacial score (nSPS) is 11.1. The first kappa shape index (κ1) is 19.3. The minimum atomic E-state index is -4.45. The highest BCUT2D eigenvalue weighted by Crippen LogP contribution is 2.31. The van der Waals surface area contributed by atoms with Crippen LogP contribution in [0.3, 0.4) is 0 Å². The second kappa shape index (κ2) is 8.08. The lowest BCUT2D eigenvalue weighted by Gasteiger charge is -2.11. The van der Waals surface area contributed by atoms with Gasteiger partial charge in [0.05, 0.1) is 5.56 Å². The van der Waals surface area contributed by atoms with E-state index in [-0.39, 0.29) is 35.3 Å². The van der Waals surface area contributed by atoms with Crippen LogP contribution in [0.4, 0.5) is 29.1 Å². The number of carbonyl (C=O) groups is 1. The van der Waals surface area contributed by atoms with Crippen molar-refractivity contribution in [3.63, 3.8) is 0 Å². The van der Waals surface area contributed by atoms with Crippen molar-refractivity contribution in [2.45, 2.75) is 12.7 Å². The van der Waals surface area contributed by atoms with Crippen molar-refractivity contribution in [1.82, 2.24) is 10.3 Å². The third kappa shape index (κ3) is 5.06. The summed E-state index contributed by atoms with van der Waals surface area (Å²) in [6.07, 6.45) is -3.07. The van der Waals surface area contributed by atoms with E-state index in [4.69, 9.17) is 0 Å². The van der Waals surface area contributed by atoms with Crippen LogP contribution in [-0.4, -0.2) is 10.9 Å². The van der Waals surface area contributed by atoms with Gasteiger partial charge < -0.3 is 10.6 Å². The highest BCUT2D eigenvalue weighted by molar-refractivity contribution is 5.94. The zero-order valence-electron chi connectivity index (χ0n) is 14.4. The number of rotatable bonds is 5. The van der Waals surface area contributed by atoms with Crippen LogP contribution in [0.25, 0.3) is 0 Å². The maximum Gasteiger partial charge on any atom is 0.416 e. The van der Waals surface area contributed by atoms with Crippen molar-refractivity contribution < 1.29 is 22.4 Å². The van der Waals surface area contributed by atoms with E-state index in [1.54, 1.807) is 12.1 Å². The Morgan fingerprint density at radius 1 is 1.00 bits per heavy atom. The standard InChI is InChI=1S/C20H15F4N3O/c21-16-6-4-13(5-7-16)12-26-19(28)14-8-9-25-18(10-14)27-17-3-1-2-15(11-17)20(22,23)24/h1-11H,12H2,(H,25,27)(H,26,28). The minimum Gasteiger partial charge on any atom is -0.348 e. The Morgan fingerprint density at radius 3 is 2.46 bits per heavy atom. The predicted molar refractivity (Wildman–Crippen MR) is 96.5 cm³/mol. The van der Waals surface area contributed by atoms with Crippen LogP contribution in [0, 0.1) is 5.82 Å². The summed E-state index contributed by atoms with van der Waals surface area (Å²) in [7, 11) is 0. The molecule has 0 fully saturated rings. The van der Waals surface area contributed by atoms with Crippen molar-refractivity contribution >= 4 is 17.4 Å². The monoisotopic (exact) mass is 389 g/mol. The van der Waals surface area contributed by atoms with Gasteiger partial charge in [-0.15, -0.1) is 0 Å². The molecule has 0 aliphatic carbocycles. The number of amides is 1. The Kier molecular flexibility index (Phi) is 5.58. The van der Waals surface area contributed by atoms with Crippen LogP contribution in [0.1, 0.15) is 21.5 Å². The average molecular weight is 389 g/mol. The number of aromatic nitrogens is 1. The van der Waals surface area contributed by atoms with Crippen molar-refractivity contribution in [2.24, 2.45) is 0 Å². The van der Waals surface area contributed by atoms with Crippen molar-refractivity contribution in [1.29, 1.82) is 0 Å². The van der Waals surface area contributed by atoms with Crippen molar-refractivity contribution in [2.75, 3.05) is 5.32 Å². The highest BCUT2D eigenvalue weighted by atomic mass is 19.4. The van der Waals surface area contributed by atoms with Gasteiger partial charge in [0.15, 0.2) is 0 Å². The third-order valence-electron chi connectivity index (χ3n) is 3.85. The molecule has 0 spiro atoms. The molecule has 0 saturated carbocycles. The first-order valence-corrected chi connectivity index (χ1v) is 8.24. The first-order valence-electron chi connectivity index (χ1n) is 8.24. The van der Waals surface area contributed by atoms with E-state index in [0.717, 1.165) is 17.7 Å². The van der Waals surface area contributed by atoms with Gasteiger partial charge in [0.1, 0.15) is 11.6 Å². The lowest BCUT2D eigenvalue weighted by atomic mass is 10.2. The van der Waals surface area contributed by atoms with Gasteiger partial charge in [0, 0.05) is 24.0 Å². The SMILES string of the molecule is O=C(NCc1ccc(F)cc1)c1ccnc(Nc2cccc(C(F)(F)F)c2)c1. The molecule has 1 aromatic heterocycles. The van der Waals surface area contributed by atoms with Gasteiger partial charge in [0.2, 0.25) is 0 Å². The van der Waals surface area contributed by atoms with Crippen LogP contribution in [-0.2, 0) is 12.7 Å². The summed E-state index contributed by atoms with van der Waals surface area (Å²) in [6.45, 7) is 0.206. The number of nitrogens with zero attached hydrogens (tertiary/aromatic N) is 1. The minimum absolute atomic E-state index is 0.200. The van der Waals surface area contributed by atoms with Crippen LogP contribution in [0.5, 0.6) is 0 Å². The van der Waals surface area contributed by atoms with Gasteiger partial charge in [-0.05, 0) is 48.0 Å². The number of benzene rings is 2. The van der Waals surface area contributed by atoms with Crippen molar-refractivity contribution in [3.05, 3.63) is 89.4 Å². The molecule has 8 heteroatoms. The quantitative estimate of drug-likeness (QED) is 0.610. The first-order chi connectivity index (χ1) is 13.3. The molecular formula is C20H15F4N3O. The molecule has 0 bridgehead atoms. The van der Waals surface area contributed by atoms with E-state index >= 15 is 0 Å². The summed E-state index contributed by atoms with van der Waals surface area (Å²) in [6, 6.07) is 13.3. The number of hydrogen-bond donors (Lipinski definition) is 2. The summed E-state index contributed by atoms with van der Waals surface area (Å²) in [5, 5.41) is 5.45. The van der Waals surface area contributed by atoms with E-state index in [2.05, 4.69) is 15.6 Å². The largest absolute Gasteiger partial charge is 0.416 e. The second-order valence-corrected chi connectivity index (χ2v) is 5.94. The Bertz CT molecular complexity index is 972. The highest BCUT2D eigenvalue weighted by Gasteiger charge is 2.30. The molecule has 28 heavy (non-hydrogen) atoms. The lowest BCUT2D eigenvalue weighted by Crippen LogP contribution is -2.22. The molecule has 0 saturated heterocycles. The molecular weight excluding hydrogens is 374 g/mol. The molecule has 1 heterocycles. The fraction of sp³-hybridized carbons (Fsp3) is 0.100. The van der Waals surface area contributed by atoms with E-state index in [9.17, 15) is 22.4 Å². The number of nitrogens with one attached hydrogen (secondary N) is 2. The topological polar surface area (TPSA) is 54.0 Å². The molecule has 0 aliphatic rings. The van der Waals surface area contributed by atoms with Crippen LogP contribution < -0.4 is 10.6 Å². The molecule has 144 valence electrons.